The van der Waals surface area contributed by atoms with Crippen molar-refractivity contribution in [1.29, 1.82) is 0 Å². The standard InChI is InChI=1S/C19H27N5O2/c1-14-5-6-15(9-17(14)25-4)10-21-19(20-2)24-7-8-26-18(13-24)16-11-22-23(3)12-16/h5-6,9,11-12,18H,7-8,10,13H2,1-4H3,(H,20,21). The highest BCUT2D eigenvalue weighted by atomic mass is 16.5. The van der Waals surface area contributed by atoms with Crippen molar-refractivity contribution in [3.05, 3.63) is 47.3 Å². The second-order valence-corrected chi connectivity index (χ2v) is 6.46. The molecule has 1 saturated heterocycles. The van der Waals surface area contributed by atoms with Gasteiger partial charge in [-0.3, -0.25) is 9.67 Å². The van der Waals surface area contributed by atoms with Gasteiger partial charge >= 0.3 is 0 Å². The second-order valence-electron chi connectivity index (χ2n) is 6.46. The van der Waals surface area contributed by atoms with Crippen molar-refractivity contribution in [3.63, 3.8) is 0 Å². The fourth-order valence-electron chi connectivity index (χ4n) is 3.14. The summed E-state index contributed by atoms with van der Waals surface area (Å²) in [6.45, 7) is 4.97. The quantitative estimate of drug-likeness (QED) is 0.669. The van der Waals surface area contributed by atoms with Crippen LogP contribution in [0.25, 0.3) is 0 Å². The first kappa shape index (κ1) is 18.3. The Balaban J connectivity index is 1.63. The summed E-state index contributed by atoms with van der Waals surface area (Å²) in [7, 11) is 5.43. The summed E-state index contributed by atoms with van der Waals surface area (Å²) >= 11 is 0. The third-order valence-electron chi connectivity index (χ3n) is 4.60. The molecule has 0 aliphatic carbocycles. The Morgan fingerprint density at radius 1 is 1.46 bits per heavy atom. The molecule has 0 radical (unpaired) electrons. The van der Waals surface area contributed by atoms with Gasteiger partial charge in [-0.15, -0.1) is 0 Å². The van der Waals surface area contributed by atoms with Gasteiger partial charge in [0.15, 0.2) is 5.96 Å². The molecule has 0 saturated carbocycles. The molecular formula is C19H27N5O2. The van der Waals surface area contributed by atoms with Crippen molar-refractivity contribution < 1.29 is 9.47 Å². The largest absolute Gasteiger partial charge is 0.496 e. The summed E-state index contributed by atoms with van der Waals surface area (Å²) in [5.74, 6) is 1.78. The molecule has 0 bridgehead atoms. The number of aromatic nitrogens is 2. The Bertz CT molecular complexity index is 771. The van der Waals surface area contributed by atoms with Crippen LogP contribution in [0.3, 0.4) is 0 Å². The molecule has 1 aliphatic heterocycles. The maximum absolute atomic E-state index is 5.91. The van der Waals surface area contributed by atoms with Gasteiger partial charge in [-0.05, 0) is 24.1 Å². The van der Waals surface area contributed by atoms with E-state index in [1.165, 1.54) is 0 Å². The van der Waals surface area contributed by atoms with Gasteiger partial charge in [0.1, 0.15) is 11.9 Å². The minimum atomic E-state index is 0.00969. The van der Waals surface area contributed by atoms with Crippen LogP contribution in [-0.4, -0.2) is 54.5 Å². The zero-order valence-corrected chi connectivity index (χ0v) is 15.9. The van der Waals surface area contributed by atoms with Crippen LogP contribution in [0.2, 0.25) is 0 Å². The SMILES string of the molecule is CN=C(NCc1ccc(C)c(OC)c1)N1CCOC(c2cnn(C)c2)C1. The molecule has 1 atom stereocenters. The first-order valence-corrected chi connectivity index (χ1v) is 8.80. The van der Waals surface area contributed by atoms with E-state index in [4.69, 9.17) is 9.47 Å². The third-order valence-corrected chi connectivity index (χ3v) is 4.60. The minimum Gasteiger partial charge on any atom is -0.496 e. The Morgan fingerprint density at radius 2 is 2.31 bits per heavy atom. The zero-order chi connectivity index (χ0) is 18.5. The van der Waals surface area contributed by atoms with E-state index in [-0.39, 0.29) is 6.10 Å². The van der Waals surface area contributed by atoms with Crippen LogP contribution >= 0.6 is 0 Å². The Hall–Kier alpha value is -2.54. The van der Waals surface area contributed by atoms with E-state index in [1.807, 2.05) is 33.4 Å². The van der Waals surface area contributed by atoms with Gasteiger partial charge in [0, 0.05) is 38.9 Å². The molecule has 2 heterocycles. The molecule has 3 rings (SSSR count). The first-order chi connectivity index (χ1) is 12.6. The molecule has 1 aromatic carbocycles. The fourth-order valence-corrected chi connectivity index (χ4v) is 3.14. The third kappa shape index (κ3) is 4.16. The van der Waals surface area contributed by atoms with Gasteiger partial charge < -0.3 is 19.7 Å². The van der Waals surface area contributed by atoms with Crippen LogP contribution in [-0.2, 0) is 18.3 Å². The summed E-state index contributed by atoms with van der Waals surface area (Å²) in [4.78, 5) is 6.67. The maximum atomic E-state index is 5.91. The number of nitrogens with one attached hydrogen (secondary N) is 1. The normalized spacial score (nSPS) is 18.1. The number of benzene rings is 1. The van der Waals surface area contributed by atoms with Crippen LogP contribution in [0.1, 0.15) is 22.8 Å². The van der Waals surface area contributed by atoms with Gasteiger partial charge in [0.2, 0.25) is 0 Å². The molecule has 26 heavy (non-hydrogen) atoms. The number of aliphatic imine (C=N–C) groups is 1. The van der Waals surface area contributed by atoms with Crippen molar-refractivity contribution in [2.75, 3.05) is 33.9 Å². The molecule has 1 fully saturated rings. The number of hydrogen-bond acceptors (Lipinski definition) is 4. The van der Waals surface area contributed by atoms with Crippen LogP contribution < -0.4 is 10.1 Å². The summed E-state index contributed by atoms with van der Waals surface area (Å²) in [5, 5.41) is 7.69. The van der Waals surface area contributed by atoms with E-state index < -0.39 is 0 Å². The van der Waals surface area contributed by atoms with Crippen molar-refractivity contribution in [2.24, 2.45) is 12.0 Å². The lowest BCUT2D eigenvalue weighted by atomic mass is 10.1. The molecule has 1 unspecified atom stereocenters. The number of guanidine groups is 1. The molecular weight excluding hydrogens is 330 g/mol. The Morgan fingerprint density at radius 3 is 3.00 bits per heavy atom. The van der Waals surface area contributed by atoms with Crippen LogP contribution in [0.15, 0.2) is 35.6 Å². The number of ether oxygens (including phenoxy) is 2. The van der Waals surface area contributed by atoms with Gasteiger partial charge in [-0.1, -0.05) is 12.1 Å². The highest BCUT2D eigenvalue weighted by Crippen LogP contribution is 2.22. The lowest BCUT2D eigenvalue weighted by molar-refractivity contribution is -0.00805. The Labute approximate surface area is 154 Å². The first-order valence-electron chi connectivity index (χ1n) is 8.80. The van der Waals surface area contributed by atoms with Gasteiger partial charge in [-0.2, -0.15) is 5.10 Å². The number of morpholine rings is 1. The van der Waals surface area contributed by atoms with Gasteiger partial charge in [0.05, 0.1) is 26.5 Å². The maximum Gasteiger partial charge on any atom is 0.194 e. The van der Waals surface area contributed by atoms with Crippen molar-refractivity contribution in [2.45, 2.75) is 19.6 Å². The molecule has 0 amide bonds. The highest BCUT2D eigenvalue weighted by molar-refractivity contribution is 5.80. The smallest absolute Gasteiger partial charge is 0.194 e. The predicted molar refractivity (Wildman–Crippen MR) is 101 cm³/mol. The van der Waals surface area contributed by atoms with E-state index in [9.17, 15) is 0 Å². The minimum absolute atomic E-state index is 0.00969. The topological polar surface area (TPSA) is 63.9 Å². The molecule has 0 spiro atoms. The summed E-state index contributed by atoms with van der Waals surface area (Å²) < 4.78 is 13.1. The average molecular weight is 357 g/mol. The van der Waals surface area contributed by atoms with Crippen molar-refractivity contribution in [1.82, 2.24) is 20.0 Å². The molecule has 1 aliphatic rings. The van der Waals surface area contributed by atoms with E-state index in [0.29, 0.717) is 13.2 Å². The number of hydrogen-bond donors (Lipinski definition) is 1. The lowest BCUT2D eigenvalue weighted by Gasteiger charge is -2.34. The van der Waals surface area contributed by atoms with Crippen LogP contribution in [0, 0.1) is 6.92 Å². The Kier molecular flexibility index (Phi) is 5.78. The van der Waals surface area contributed by atoms with E-state index in [2.05, 4.69) is 38.5 Å². The second kappa shape index (κ2) is 8.23. The van der Waals surface area contributed by atoms with Gasteiger partial charge in [-0.25, -0.2) is 0 Å². The summed E-state index contributed by atoms with van der Waals surface area (Å²) in [5.41, 5.74) is 3.38. The molecule has 7 nitrogen and oxygen atoms in total. The lowest BCUT2D eigenvalue weighted by Crippen LogP contribution is -2.47. The summed E-state index contributed by atoms with van der Waals surface area (Å²) in [6.07, 6.45) is 3.88. The van der Waals surface area contributed by atoms with Gasteiger partial charge in [0.25, 0.3) is 0 Å². The average Bonchev–Trinajstić information content (AvgIpc) is 3.10. The van der Waals surface area contributed by atoms with Crippen molar-refractivity contribution in [3.8, 4) is 5.75 Å². The number of aryl methyl sites for hydroxylation is 2. The number of rotatable bonds is 4. The predicted octanol–water partition coefficient (Wildman–Crippen LogP) is 1.89. The number of nitrogens with zero attached hydrogens (tertiary/aromatic N) is 4. The van der Waals surface area contributed by atoms with Crippen LogP contribution in [0.5, 0.6) is 5.75 Å². The summed E-state index contributed by atoms with van der Waals surface area (Å²) in [6, 6.07) is 6.25. The monoisotopic (exact) mass is 357 g/mol. The molecule has 1 aromatic heterocycles. The van der Waals surface area contributed by atoms with E-state index in [1.54, 1.807) is 11.8 Å². The van der Waals surface area contributed by atoms with E-state index in [0.717, 1.165) is 41.5 Å². The van der Waals surface area contributed by atoms with Crippen LogP contribution in [0.4, 0.5) is 0 Å². The highest BCUT2D eigenvalue weighted by Gasteiger charge is 2.25. The molecule has 1 N–H and O–H groups in total. The molecule has 140 valence electrons. The molecule has 2 aromatic rings. The molecule has 7 heteroatoms. The fraction of sp³-hybridized carbons (Fsp3) is 0.474. The van der Waals surface area contributed by atoms with Crippen molar-refractivity contribution >= 4 is 5.96 Å². The zero-order valence-electron chi connectivity index (χ0n) is 15.9. The number of methoxy groups -OCH3 is 1. The van der Waals surface area contributed by atoms with E-state index >= 15 is 0 Å².